The van der Waals surface area contributed by atoms with Crippen molar-refractivity contribution in [2.45, 2.75) is 25.4 Å². The van der Waals surface area contributed by atoms with Crippen LogP contribution in [-0.2, 0) is 6.54 Å². The van der Waals surface area contributed by atoms with Crippen LogP contribution in [0.2, 0.25) is 10.0 Å². The van der Waals surface area contributed by atoms with Crippen LogP contribution in [0.1, 0.15) is 34.8 Å². The number of benzene rings is 2. The Labute approximate surface area is 164 Å². The van der Waals surface area contributed by atoms with E-state index in [1.807, 2.05) is 12.1 Å². The Hall–Kier alpha value is -2.57. The molecule has 1 saturated carbocycles. The maximum Gasteiger partial charge on any atom is 0.346 e. The van der Waals surface area contributed by atoms with E-state index < -0.39 is 5.97 Å². The Kier molecular flexibility index (Phi) is 4.53. The van der Waals surface area contributed by atoms with Crippen LogP contribution < -0.4 is 5.69 Å². The summed E-state index contributed by atoms with van der Waals surface area (Å²) in [5.41, 5.74) is 1.34. The highest BCUT2D eigenvalue weighted by Crippen LogP contribution is 2.36. The van der Waals surface area contributed by atoms with Crippen molar-refractivity contribution in [2.75, 3.05) is 0 Å². The Balaban J connectivity index is 1.74. The summed E-state index contributed by atoms with van der Waals surface area (Å²) in [4.78, 5) is 24.0. The molecule has 1 aromatic heterocycles. The molecular formula is C19H15Cl2N3O3. The molecule has 138 valence electrons. The van der Waals surface area contributed by atoms with E-state index in [-0.39, 0.29) is 28.9 Å². The van der Waals surface area contributed by atoms with Crippen LogP contribution >= 0.6 is 23.2 Å². The summed E-state index contributed by atoms with van der Waals surface area (Å²) in [5, 5.41) is 14.5. The van der Waals surface area contributed by atoms with E-state index in [2.05, 4.69) is 5.10 Å². The molecule has 0 unspecified atom stereocenters. The van der Waals surface area contributed by atoms with Crippen LogP contribution in [0, 0.1) is 0 Å². The average molecular weight is 404 g/mol. The van der Waals surface area contributed by atoms with Crippen LogP contribution in [-0.4, -0.2) is 25.4 Å². The van der Waals surface area contributed by atoms with Crippen LogP contribution in [0.5, 0.6) is 0 Å². The first-order chi connectivity index (χ1) is 12.9. The lowest BCUT2D eigenvalue weighted by Gasteiger charge is -2.04. The van der Waals surface area contributed by atoms with E-state index in [4.69, 9.17) is 28.3 Å². The number of hydrogen-bond acceptors (Lipinski definition) is 3. The van der Waals surface area contributed by atoms with Gasteiger partial charge in [0.25, 0.3) is 0 Å². The maximum absolute atomic E-state index is 12.9. The molecule has 27 heavy (non-hydrogen) atoms. The van der Waals surface area contributed by atoms with Gasteiger partial charge in [-0.1, -0.05) is 29.3 Å². The summed E-state index contributed by atoms with van der Waals surface area (Å²) < 4.78 is 3.08. The van der Waals surface area contributed by atoms with Crippen molar-refractivity contribution in [1.82, 2.24) is 14.3 Å². The fourth-order valence-corrected chi connectivity index (χ4v) is 3.32. The summed E-state index contributed by atoms with van der Waals surface area (Å²) in [7, 11) is 0. The smallest absolute Gasteiger partial charge is 0.346 e. The fraction of sp³-hybridized carbons (Fsp3) is 0.211. The van der Waals surface area contributed by atoms with Gasteiger partial charge in [0, 0.05) is 21.7 Å². The Morgan fingerprint density at radius 1 is 1.15 bits per heavy atom. The summed E-state index contributed by atoms with van der Waals surface area (Å²) in [6.07, 6.45) is 1.89. The molecule has 0 amide bonds. The van der Waals surface area contributed by atoms with Gasteiger partial charge in [-0.2, -0.15) is 0 Å². The monoisotopic (exact) mass is 403 g/mol. The summed E-state index contributed by atoms with van der Waals surface area (Å²) >= 11 is 12.2. The van der Waals surface area contributed by atoms with Gasteiger partial charge in [-0.15, -0.1) is 5.10 Å². The standard InChI is InChI=1S/C19H15Cl2N3O3/c20-14-5-3-11(4-6-14)17-22-23(19(27)24(17)15-7-8-15)10-13-2-1-12(18(25)26)9-16(13)21/h1-6,9,15H,7-8,10H2,(H,25,26). The number of rotatable bonds is 5. The minimum atomic E-state index is -1.05. The normalized spacial score (nSPS) is 13.7. The summed E-state index contributed by atoms with van der Waals surface area (Å²) in [5.74, 6) is -0.457. The topological polar surface area (TPSA) is 77.1 Å². The number of aromatic carboxylic acids is 1. The van der Waals surface area contributed by atoms with Crippen molar-refractivity contribution in [3.8, 4) is 11.4 Å². The van der Waals surface area contributed by atoms with E-state index >= 15 is 0 Å². The first-order valence-corrected chi connectivity index (χ1v) is 9.16. The minimum absolute atomic E-state index is 0.0986. The first kappa shape index (κ1) is 17.8. The molecule has 6 nitrogen and oxygen atoms in total. The maximum atomic E-state index is 12.9. The molecule has 4 rings (SSSR count). The molecule has 1 aliphatic rings. The second-order valence-electron chi connectivity index (χ2n) is 6.48. The third-order valence-electron chi connectivity index (χ3n) is 4.51. The molecule has 2 aromatic carbocycles. The predicted molar refractivity (Wildman–Crippen MR) is 103 cm³/mol. The highest BCUT2D eigenvalue weighted by molar-refractivity contribution is 6.31. The van der Waals surface area contributed by atoms with Gasteiger partial charge >= 0.3 is 11.7 Å². The van der Waals surface area contributed by atoms with Gasteiger partial charge in [-0.3, -0.25) is 4.57 Å². The quantitative estimate of drug-likeness (QED) is 0.695. The van der Waals surface area contributed by atoms with E-state index in [9.17, 15) is 9.59 Å². The zero-order chi connectivity index (χ0) is 19.1. The number of aromatic nitrogens is 3. The molecule has 0 radical (unpaired) electrons. The van der Waals surface area contributed by atoms with Gasteiger partial charge in [0.1, 0.15) is 0 Å². The number of hydrogen-bond donors (Lipinski definition) is 1. The summed E-state index contributed by atoms with van der Waals surface area (Å²) in [6, 6.07) is 11.8. The molecule has 1 fully saturated rings. The van der Waals surface area contributed by atoms with Gasteiger partial charge in [0.2, 0.25) is 0 Å². The van der Waals surface area contributed by atoms with Crippen molar-refractivity contribution < 1.29 is 9.90 Å². The average Bonchev–Trinajstić information content (AvgIpc) is 3.42. The molecule has 1 aliphatic carbocycles. The number of carboxylic acids is 1. The first-order valence-electron chi connectivity index (χ1n) is 8.41. The fourth-order valence-electron chi connectivity index (χ4n) is 2.95. The molecule has 0 bridgehead atoms. The second kappa shape index (κ2) is 6.87. The second-order valence-corrected chi connectivity index (χ2v) is 7.33. The molecular weight excluding hydrogens is 389 g/mol. The minimum Gasteiger partial charge on any atom is -0.478 e. The Morgan fingerprint density at radius 3 is 2.44 bits per heavy atom. The van der Waals surface area contributed by atoms with Gasteiger partial charge < -0.3 is 5.11 Å². The van der Waals surface area contributed by atoms with Crippen molar-refractivity contribution >= 4 is 29.2 Å². The molecule has 3 aromatic rings. The third-order valence-corrected chi connectivity index (χ3v) is 5.11. The van der Waals surface area contributed by atoms with Crippen LogP contribution in [0.3, 0.4) is 0 Å². The third kappa shape index (κ3) is 3.50. The molecule has 0 atom stereocenters. The molecule has 1 heterocycles. The lowest BCUT2D eigenvalue weighted by atomic mass is 10.1. The lowest BCUT2D eigenvalue weighted by Crippen LogP contribution is -2.25. The molecule has 0 saturated heterocycles. The Bertz CT molecular complexity index is 1080. The zero-order valence-electron chi connectivity index (χ0n) is 14.1. The number of nitrogens with zero attached hydrogens (tertiary/aromatic N) is 3. The van der Waals surface area contributed by atoms with E-state index in [0.29, 0.717) is 16.4 Å². The highest BCUT2D eigenvalue weighted by Gasteiger charge is 2.30. The van der Waals surface area contributed by atoms with Crippen LogP contribution in [0.4, 0.5) is 0 Å². The van der Waals surface area contributed by atoms with Gasteiger partial charge in [-0.05, 0) is 54.8 Å². The van der Waals surface area contributed by atoms with Crippen molar-refractivity contribution in [2.24, 2.45) is 0 Å². The van der Waals surface area contributed by atoms with Gasteiger partial charge in [0.15, 0.2) is 5.82 Å². The molecule has 1 N–H and O–H groups in total. The van der Waals surface area contributed by atoms with Crippen molar-refractivity contribution in [1.29, 1.82) is 0 Å². The lowest BCUT2D eigenvalue weighted by molar-refractivity contribution is 0.0697. The number of halogens is 2. The van der Waals surface area contributed by atoms with Gasteiger partial charge in [-0.25, -0.2) is 14.3 Å². The van der Waals surface area contributed by atoms with Crippen LogP contribution in [0.15, 0.2) is 47.3 Å². The molecule has 0 aliphatic heterocycles. The van der Waals surface area contributed by atoms with E-state index in [1.54, 1.807) is 22.8 Å². The predicted octanol–water partition coefficient (Wildman–Crippen LogP) is 4.10. The Morgan fingerprint density at radius 2 is 1.85 bits per heavy atom. The van der Waals surface area contributed by atoms with Gasteiger partial charge in [0.05, 0.1) is 12.1 Å². The zero-order valence-corrected chi connectivity index (χ0v) is 15.6. The molecule has 8 heteroatoms. The van der Waals surface area contributed by atoms with Crippen molar-refractivity contribution in [3.05, 3.63) is 74.1 Å². The molecule has 0 spiro atoms. The van der Waals surface area contributed by atoms with E-state index in [1.165, 1.54) is 16.8 Å². The number of carboxylic acid groups (broad SMARTS) is 1. The van der Waals surface area contributed by atoms with Crippen LogP contribution in [0.25, 0.3) is 11.4 Å². The largest absolute Gasteiger partial charge is 0.478 e. The number of carbonyl (C=O) groups is 1. The highest BCUT2D eigenvalue weighted by atomic mass is 35.5. The van der Waals surface area contributed by atoms with Crippen molar-refractivity contribution in [3.63, 3.8) is 0 Å². The summed E-state index contributed by atoms with van der Waals surface area (Å²) in [6.45, 7) is 0.165. The van der Waals surface area contributed by atoms with E-state index in [0.717, 1.165) is 18.4 Å². The SMILES string of the molecule is O=C(O)c1ccc(Cn2nc(-c3ccc(Cl)cc3)n(C3CC3)c2=O)c(Cl)c1.